The van der Waals surface area contributed by atoms with E-state index in [-0.39, 0.29) is 17.9 Å². The number of nitrogens with zero attached hydrogens (tertiary/aromatic N) is 1. The second-order valence-electron chi connectivity index (χ2n) is 4.86. The van der Waals surface area contributed by atoms with Crippen LogP contribution in [0.2, 0.25) is 0 Å². The Balaban J connectivity index is 2.69. The summed E-state index contributed by atoms with van der Waals surface area (Å²) in [7, 11) is 0. The van der Waals surface area contributed by atoms with E-state index < -0.39 is 0 Å². The Kier molecular flexibility index (Phi) is 5.83. The minimum Gasteiger partial charge on any atom is -0.372 e. The monoisotopic (exact) mass is 263 g/mol. The molecule has 0 saturated heterocycles. The van der Waals surface area contributed by atoms with E-state index in [1.54, 1.807) is 0 Å². The van der Waals surface area contributed by atoms with Crippen LogP contribution in [0.3, 0.4) is 0 Å². The van der Waals surface area contributed by atoms with E-state index in [0.717, 1.165) is 18.8 Å². The second kappa shape index (κ2) is 7.14. The van der Waals surface area contributed by atoms with E-state index in [1.807, 2.05) is 38.1 Å². The topological polar surface area (TPSA) is 58.4 Å². The molecule has 2 unspecified atom stereocenters. The number of carbonyl (C=O) groups is 1. The van der Waals surface area contributed by atoms with Gasteiger partial charge in [0.2, 0.25) is 5.91 Å². The Morgan fingerprint density at radius 2 is 1.74 bits per heavy atom. The summed E-state index contributed by atoms with van der Waals surface area (Å²) in [6, 6.07) is 7.77. The lowest BCUT2D eigenvalue weighted by Gasteiger charge is -2.21. The molecule has 2 atom stereocenters. The summed E-state index contributed by atoms with van der Waals surface area (Å²) < 4.78 is 0. The molecule has 0 aliphatic rings. The molecule has 4 nitrogen and oxygen atoms in total. The minimum absolute atomic E-state index is 0.0365. The molecule has 0 radical (unpaired) electrons. The van der Waals surface area contributed by atoms with Crippen LogP contribution in [0.15, 0.2) is 24.3 Å². The van der Waals surface area contributed by atoms with Gasteiger partial charge < -0.3 is 16.0 Å². The van der Waals surface area contributed by atoms with E-state index >= 15 is 0 Å². The molecule has 0 bridgehead atoms. The van der Waals surface area contributed by atoms with Crippen LogP contribution in [0, 0.1) is 5.92 Å². The summed E-state index contributed by atoms with van der Waals surface area (Å²) in [6.07, 6.45) is 0. The Morgan fingerprint density at radius 1 is 1.21 bits per heavy atom. The first-order chi connectivity index (χ1) is 8.99. The summed E-state index contributed by atoms with van der Waals surface area (Å²) in [6.45, 7) is 9.89. The smallest absolute Gasteiger partial charge is 0.228 e. The van der Waals surface area contributed by atoms with Crippen molar-refractivity contribution in [3.63, 3.8) is 0 Å². The Bertz CT molecular complexity index is 396. The highest BCUT2D eigenvalue weighted by atomic mass is 16.1. The third kappa shape index (κ3) is 4.24. The summed E-state index contributed by atoms with van der Waals surface area (Å²) in [5, 5.41) is 2.89. The molecular weight excluding hydrogens is 238 g/mol. The van der Waals surface area contributed by atoms with Gasteiger partial charge >= 0.3 is 0 Å². The molecule has 0 saturated carbocycles. The molecular formula is C15H25N3O. The standard InChI is InChI=1S/C15H25N3O/c1-5-18(6-2)14-9-7-13(8-10-14)17-15(19)11(3)12(4)16/h7-12H,5-6,16H2,1-4H3,(H,17,19). The van der Waals surface area contributed by atoms with Crippen LogP contribution in [-0.4, -0.2) is 25.0 Å². The zero-order valence-electron chi connectivity index (χ0n) is 12.3. The van der Waals surface area contributed by atoms with E-state index in [0.29, 0.717) is 0 Å². The highest BCUT2D eigenvalue weighted by molar-refractivity contribution is 5.92. The second-order valence-corrected chi connectivity index (χ2v) is 4.86. The van der Waals surface area contributed by atoms with Gasteiger partial charge in [0.25, 0.3) is 0 Å². The SMILES string of the molecule is CCN(CC)c1ccc(NC(=O)C(C)C(C)N)cc1. The van der Waals surface area contributed by atoms with Gasteiger partial charge in [-0.1, -0.05) is 6.92 Å². The number of hydrogen-bond acceptors (Lipinski definition) is 3. The van der Waals surface area contributed by atoms with Gasteiger partial charge in [0.15, 0.2) is 0 Å². The lowest BCUT2D eigenvalue weighted by molar-refractivity contribution is -0.119. The molecule has 0 aromatic heterocycles. The number of rotatable bonds is 6. The maximum absolute atomic E-state index is 11.9. The first-order valence-corrected chi connectivity index (χ1v) is 6.91. The van der Waals surface area contributed by atoms with Crippen molar-refractivity contribution >= 4 is 17.3 Å². The van der Waals surface area contributed by atoms with Crippen LogP contribution in [0.4, 0.5) is 11.4 Å². The third-order valence-electron chi connectivity index (χ3n) is 3.47. The number of nitrogens with two attached hydrogens (primary N) is 1. The number of anilines is 2. The van der Waals surface area contributed by atoms with Crippen LogP contribution in [0.5, 0.6) is 0 Å². The van der Waals surface area contributed by atoms with E-state index in [1.165, 1.54) is 5.69 Å². The highest BCUT2D eigenvalue weighted by Crippen LogP contribution is 2.18. The van der Waals surface area contributed by atoms with Crippen molar-refractivity contribution in [1.82, 2.24) is 0 Å². The molecule has 0 aliphatic heterocycles. The quantitative estimate of drug-likeness (QED) is 0.829. The van der Waals surface area contributed by atoms with Crippen LogP contribution < -0.4 is 16.0 Å². The van der Waals surface area contributed by atoms with E-state index in [2.05, 4.69) is 24.1 Å². The van der Waals surface area contributed by atoms with Crippen molar-refractivity contribution < 1.29 is 4.79 Å². The van der Waals surface area contributed by atoms with Crippen molar-refractivity contribution in [2.24, 2.45) is 11.7 Å². The van der Waals surface area contributed by atoms with Crippen molar-refractivity contribution in [3.05, 3.63) is 24.3 Å². The van der Waals surface area contributed by atoms with Gasteiger partial charge in [-0.15, -0.1) is 0 Å². The van der Waals surface area contributed by atoms with E-state index in [9.17, 15) is 4.79 Å². The summed E-state index contributed by atoms with van der Waals surface area (Å²) in [5.74, 6) is -0.229. The number of benzene rings is 1. The maximum atomic E-state index is 11.9. The summed E-state index contributed by atoms with van der Waals surface area (Å²) >= 11 is 0. The first-order valence-electron chi connectivity index (χ1n) is 6.91. The molecule has 3 N–H and O–H groups in total. The summed E-state index contributed by atoms with van der Waals surface area (Å²) in [4.78, 5) is 14.1. The molecule has 1 aromatic rings. The fraction of sp³-hybridized carbons (Fsp3) is 0.533. The molecule has 0 aliphatic carbocycles. The predicted octanol–water partition coefficient (Wildman–Crippen LogP) is 2.45. The Morgan fingerprint density at radius 3 is 2.16 bits per heavy atom. The van der Waals surface area contributed by atoms with Gasteiger partial charge in [0.1, 0.15) is 0 Å². The average molecular weight is 263 g/mol. The largest absolute Gasteiger partial charge is 0.372 e. The molecule has 0 fully saturated rings. The molecule has 19 heavy (non-hydrogen) atoms. The molecule has 106 valence electrons. The lowest BCUT2D eigenvalue weighted by Crippen LogP contribution is -2.34. The Labute approximate surface area is 116 Å². The normalized spacial score (nSPS) is 13.7. The van der Waals surface area contributed by atoms with Crippen molar-refractivity contribution in [2.45, 2.75) is 33.7 Å². The van der Waals surface area contributed by atoms with Crippen LogP contribution in [0.1, 0.15) is 27.7 Å². The van der Waals surface area contributed by atoms with Gasteiger partial charge in [0.05, 0.1) is 5.92 Å². The van der Waals surface area contributed by atoms with Gasteiger partial charge in [-0.25, -0.2) is 0 Å². The zero-order chi connectivity index (χ0) is 14.4. The summed E-state index contributed by atoms with van der Waals surface area (Å²) in [5.41, 5.74) is 7.71. The van der Waals surface area contributed by atoms with Gasteiger partial charge in [0, 0.05) is 30.5 Å². The molecule has 1 rings (SSSR count). The number of hydrogen-bond donors (Lipinski definition) is 2. The fourth-order valence-electron chi connectivity index (χ4n) is 1.84. The van der Waals surface area contributed by atoms with E-state index in [4.69, 9.17) is 5.73 Å². The molecule has 0 spiro atoms. The number of nitrogens with one attached hydrogen (secondary N) is 1. The van der Waals surface area contributed by atoms with Gasteiger partial charge in [-0.2, -0.15) is 0 Å². The molecule has 0 heterocycles. The highest BCUT2D eigenvalue weighted by Gasteiger charge is 2.16. The molecule has 1 amide bonds. The van der Waals surface area contributed by atoms with Crippen LogP contribution >= 0.6 is 0 Å². The molecule has 1 aromatic carbocycles. The van der Waals surface area contributed by atoms with Crippen LogP contribution in [-0.2, 0) is 4.79 Å². The van der Waals surface area contributed by atoms with Crippen LogP contribution in [0.25, 0.3) is 0 Å². The molecule has 4 heteroatoms. The van der Waals surface area contributed by atoms with Crippen molar-refractivity contribution in [2.75, 3.05) is 23.3 Å². The Hall–Kier alpha value is -1.55. The predicted molar refractivity (Wildman–Crippen MR) is 81.4 cm³/mol. The average Bonchev–Trinajstić information content (AvgIpc) is 2.41. The van der Waals surface area contributed by atoms with Gasteiger partial charge in [-0.05, 0) is 45.0 Å². The number of amides is 1. The van der Waals surface area contributed by atoms with Crippen molar-refractivity contribution in [1.29, 1.82) is 0 Å². The maximum Gasteiger partial charge on any atom is 0.228 e. The van der Waals surface area contributed by atoms with Crippen molar-refractivity contribution in [3.8, 4) is 0 Å². The number of carbonyl (C=O) groups excluding carboxylic acids is 1. The zero-order valence-corrected chi connectivity index (χ0v) is 12.3. The fourth-order valence-corrected chi connectivity index (χ4v) is 1.84. The lowest BCUT2D eigenvalue weighted by atomic mass is 10.0. The van der Waals surface area contributed by atoms with Gasteiger partial charge in [-0.3, -0.25) is 4.79 Å². The third-order valence-corrected chi connectivity index (χ3v) is 3.47. The minimum atomic E-state index is -0.192. The first kappa shape index (κ1) is 15.5.